The standard InChI is InChI=1S/C21H29NO2/c1-2-22-17-11-5-10-16-20(23)21(24,18-12-6-3-7-13-18)19-14-8-4-9-15-19/h3,6-7,12-13,19,22,24H,2,4,8-10,14-17H2,1H3/i1D3,2D2. The van der Waals surface area contributed by atoms with Gasteiger partial charge in [0.05, 0.1) is 6.54 Å². The van der Waals surface area contributed by atoms with Crippen molar-refractivity contribution in [2.75, 3.05) is 13.0 Å². The molecule has 0 radical (unpaired) electrons. The predicted octanol–water partition coefficient (Wildman–Crippen LogP) is 3.42. The number of carbonyl (C=O) groups is 1. The van der Waals surface area contributed by atoms with Crippen molar-refractivity contribution in [3.8, 4) is 11.8 Å². The maximum Gasteiger partial charge on any atom is 0.170 e. The smallest absolute Gasteiger partial charge is 0.170 e. The van der Waals surface area contributed by atoms with Gasteiger partial charge < -0.3 is 10.4 Å². The molecule has 0 spiro atoms. The van der Waals surface area contributed by atoms with Crippen LogP contribution >= 0.6 is 0 Å². The van der Waals surface area contributed by atoms with E-state index in [4.69, 9.17) is 6.85 Å². The Morgan fingerprint density at radius 3 is 2.79 bits per heavy atom. The summed E-state index contributed by atoms with van der Waals surface area (Å²) in [6.45, 7) is -5.44. The molecule has 0 saturated heterocycles. The Hall–Kier alpha value is -1.63. The maximum atomic E-state index is 13.0. The molecular weight excluding hydrogens is 298 g/mol. The summed E-state index contributed by atoms with van der Waals surface area (Å²) in [6, 6.07) is 9.07. The number of Topliss-reactive ketones (excluding diaryl/α,β-unsaturated/α-hetero) is 1. The topological polar surface area (TPSA) is 49.3 Å². The molecular formula is C21H29NO2. The quantitative estimate of drug-likeness (QED) is 0.752. The summed E-state index contributed by atoms with van der Waals surface area (Å²) in [5.74, 6) is 5.07. The second-order valence-electron chi connectivity index (χ2n) is 6.22. The lowest BCUT2D eigenvalue weighted by molar-refractivity contribution is -0.146. The largest absolute Gasteiger partial charge is 0.377 e. The summed E-state index contributed by atoms with van der Waals surface area (Å²) in [4.78, 5) is 13.0. The summed E-state index contributed by atoms with van der Waals surface area (Å²) in [6.07, 6.45) is 5.07. The molecule has 1 atom stereocenters. The van der Waals surface area contributed by atoms with Crippen LogP contribution in [-0.4, -0.2) is 23.9 Å². The molecule has 0 aliphatic heterocycles. The molecule has 24 heavy (non-hydrogen) atoms. The van der Waals surface area contributed by atoms with Gasteiger partial charge in [-0.05, 0) is 30.8 Å². The molecule has 3 nitrogen and oxygen atoms in total. The lowest BCUT2D eigenvalue weighted by atomic mass is 9.70. The summed E-state index contributed by atoms with van der Waals surface area (Å²) in [7, 11) is 0. The van der Waals surface area contributed by atoms with Gasteiger partial charge in [-0.15, -0.1) is 5.92 Å². The average molecular weight is 332 g/mol. The van der Waals surface area contributed by atoms with E-state index in [-0.39, 0.29) is 31.1 Å². The van der Waals surface area contributed by atoms with Gasteiger partial charge in [-0.3, -0.25) is 4.79 Å². The van der Waals surface area contributed by atoms with Crippen LogP contribution in [0.2, 0.25) is 0 Å². The number of aliphatic hydroxyl groups is 1. The van der Waals surface area contributed by atoms with Gasteiger partial charge in [-0.1, -0.05) is 62.4 Å². The fraction of sp³-hybridized carbons (Fsp3) is 0.571. The number of rotatable bonds is 7. The van der Waals surface area contributed by atoms with Gasteiger partial charge in [0.25, 0.3) is 0 Å². The normalized spacial score (nSPS) is 21.8. The molecule has 0 bridgehead atoms. The van der Waals surface area contributed by atoms with Crippen LogP contribution in [0.25, 0.3) is 0 Å². The Kier molecular flexibility index (Phi) is 5.08. The molecule has 3 heteroatoms. The van der Waals surface area contributed by atoms with Gasteiger partial charge >= 0.3 is 0 Å². The van der Waals surface area contributed by atoms with Crippen LogP contribution < -0.4 is 5.32 Å². The SMILES string of the molecule is [2H]C([2H])([2H])C([2H])([2H])NCC#CCCC(=O)C(O)(c1ccccc1)C1CCCCC1. The lowest BCUT2D eigenvalue weighted by Gasteiger charge is -2.37. The minimum absolute atomic E-state index is 0.0844. The lowest BCUT2D eigenvalue weighted by Crippen LogP contribution is -2.44. The Balaban J connectivity index is 1.99. The summed E-state index contributed by atoms with van der Waals surface area (Å²) < 4.78 is 36.3. The van der Waals surface area contributed by atoms with Crippen LogP contribution in [0.3, 0.4) is 0 Å². The van der Waals surface area contributed by atoms with E-state index in [0.29, 0.717) is 5.56 Å². The Bertz CT molecular complexity index is 733. The number of hydrogen-bond acceptors (Lipinski definition) is 3. The minimum atomic E-state index is -2.78. The molecule has 0 amide bonds. The van der Waals surface area contributed by atoms with Crippen LogP contribution in [0.4, 0.5) is 0 Å². The van der Waals surface area contributed by atoms with Crippen molar-refractivity contribution >= 4 is 5.78 Å². The van der Waals surface area contributed by atoms with Gasteiger partial charge in [-0.2, -0.15) is 0 Å². The first-order valence-electron chi connectivity index (χ1n) is 11.1. The van der Waals surface area contributed by atoms with Crippen molar-refractivity contribution in [3.63, 3.8) is 0 Å². The van der Waals surface area contributed by atoms with E-state index in [9.17, 15) is 9.90 Å². The zero-order chi connectivity index (χ0) is 21.5. The molecule has 0 heterocycles. The van der Waals surface area contributed by atoms with Crippen molar-refractivity contribution in [3.05, 3.63) is 35.9 Å². The molecule has 2 rings (SSSR count). The molecule has 1 fully saturated rings. The highest BCUT2D eigenvalue weighted by atomic mass is 16.3. The number of hydrogen-bond donors (Lipinski definition) is 2. The summed E-state index contributed by atoms with van der Waals surface area (Å²) in [5.41, 5.74) is -0.891. The van der Waals surface area contributed by atoms with Gasteiger partial charge in [0.1, 0.15) is 0 Å². The van der Waals surface area contributed by atoms with Crippen molar-refractivity contribution in [1.82, 2.24) is 5.32 Å². The molecule has 1 aromatic carbocycles. The third kappa shape index (κ3) is 4.69. The monoisotopic (exact) mass is 332 g/mol. The first-order valence-corrected chi connectivity index (χ1v) is 8.61. The van der Waals surface area contributed by atoms with Crippen LogP contribution in [-0.2, 0) is 10.4 Å². The van der Waals surface area contributed by atoms with Gasteiger partial charge in [0.15, 0.2) is 11.4 Å². The highest BCUT2D eigenvalue weighted by molar-refractivity contribution is 5.88. The molecule has 130 valence electrons. The Labute approximate surface area is 152 Å². The first kappa shape index (κ1) is 12.7. The predicted molar refractivity (Wildman–Crippen MR) is 97.5 cm³/mol. The van der Waals surface area contributed by atoms with E-state index in [1.54, 1.807) is 12.1 Å². The summed E-state index contributed by atoms with van der Waals surface area (Å²) >= 11 is 0. The van der Waals surface area contributed by atoms with Gasteiger partial charge in [-0.25, -0.2) is 0 Å². The van der Waals surface area contributed by atoms with Crippen LogP contribution in [0.1, 0.15) is 64.2 Å². The highest BCUT2D eigenvalue weighted by Crippen LogP contribution is 2.40. The molecule has 1 unspecified atom stereocenters. The third-order valence-electron chi connectivity index (χ3n) is 4.70. The minimum Gasteiger partial charge on any atom is -0.377 e. The van der Waals surface area contributed by atoms with Crippen molar-refractivity contribution < 1.29 is 16.8 Å². The van der Waals surface area contributed by atoms with Crippen molar-refractivity contribution in [1.29, 1.82) is 0 Å². The third-order valence-corrected chi connectivity index (χ3v) is 4.70. The Morgan fingerprint density at radius 1 is 1.33 bits per heavy atom. The second-order valence-corrected chi connectivity index (χ2v) is 6.22. The molecule has 1 aliphatic rings. The average Bonchev–Trinajstić information content (AvgIpc) is 2.70. The number of ketones is 1. The molecule has 2 N–H and O–H groups in total. The zero-order valence-corrected chi connectivity index (χ0v) is 14.0. The van der Waals surface area contributed by atoms with Crippen molar-refractivity contribution in [2.45, 2.75) is 57.4 Å². The first-order chi connectivity index (χ1) is 13.6. The van der Waals surface area contributed by atoms with Crippen LogP contribution in [0.5, 0.6) is 0 Å². The number of carbonyl (C=O) groups excluding carboxylic acids is 1. The van der Waals surface area contributed by atoms with Gasteiger partial charge in [0.2, 0.25) is 0 Å². The summed E-state index contributed by atoms with van der Waals surface area (Å²) in [5, 5.41) is 13.7. The highest BCUT2D eigenvalue weighted by Gasteiger charge is 2.44. The van der Waals surface area contributed by atoms with E-state index in [0.717, 1.165) is 32.1 Å². The van der Waals surface area contributed by atoms with Gasteiger partial charge in [0, 0.05) is 19.7 Å². The van der Waals surface area contributed by atoms with E-state index >= 15 is 0 Å². The maximum absolute atomic E-state index is 13.0. The van der Waals surface area contributed by atoms with E-state index in [2.05, 4.69) is 17.2 Å². The Morgan fingerprint density at radius 2 is 2.08 bits per heavy atom. The molecule has 1 aliphatic carbocycles. The zero-order valence-electron chi connectivity index (χ0n) is 19.0. The van der Waals surface area contributed by atoms with E-state index < -0.39 is 18.9 Å². The fourth-order valence-corrected chi connectivity index (χ4v) is 3.44. The van der Waals surface area contributed by atoms with Crippen LogP contribution in [0, 0.1) is 17.8 Å². The van der Waals surface area contributed by atoms with Crippen LogP contribution in [0.15, 0.2) is 30.3 Å². The fourth-order valence-electron chi connectivity index (χ4n) is 3.44. The molecule has 1 aromatic rings. The van der Waals surface area contributed by atoms with E-state index in [1.807, 2.05) is 18.2 Å². The molecule has 1 saturated carbocycles. The van der Waals surface area contributed by atoms with Crippen molar-refractivity contribution in [2.24, 2.45) is 5.92 Å². The van der Waals surface area contributed by atoms with E-state index in [1.165, 1.54) is 0 Å². The molecule has 0 aromatic heterocycles. The number of benzene rings is 1. The second kappa shape index (κ2) is 9.61. The number of nitrogens with one attached hydrogen (secondary N) is 1.